The standard InChI is InChI=1S/C22H27FN6O2S/c23-17-9-11-18(12-10-17)32(30,31)26-14-16-7-5-15(6-8-16)13-25-22-27-20-4-2-1-3-19(20)21(28-22)29-24/h1-4,9-12,15-16,26H,5-8,13-14,24H2,(H2,25,27,28,29)/t15-,16-. The quantitative estimate of drug-likeness (QED) is 0.302. The molecule has 0 unspecified atom stereocenters. The number of nitrogens with two attached hydrogens (primary N) is 1. The van der Waals surface area contributed by atoms with Crippen LogP contribution in [0.2, 0.25) is 0 Å². The van der Waals surface area contributed by atoms with Crippen LogP contribution in [-0.4, -0.2) is 31.5 Å². The van der Waals surface area contributed by atoms with E-state index in [1.54, 1.807) is 0 Å². The van der Waals surface area contributed by atoms with Gasteiger partial charge in [0.05, 0.1) is 10.4 Å². The number of rotatable bonds is 8. The molecule has 32 heavy (non-hydrogen) atoms. The number of fused-ring (bicyclic) bond motifs is 1. The molecule has 0 radical (unpaired) electrons. The minimum Gasteiger partial charge on any atom is -0.354 e. The Morgan fingerprint density at radius 2 is 1.59 bits per heavy atom. The summed E-state index contributed by atoms with van der Waals surface area (Å²) in [5, 5.41) is 4.18. The molecule has 0 aliphatic heterocycles. The lowest BCUT2D eigenvalue weighted by molar-refractivity contribution is 0.284. The number of nitrogens with one attached hydrogen (secondary N) is 3. The van der Waals surface area contributed by atoms with Crippen molar-refractivity contribution in [2.45, 2.75) is 30.6 Å². The highest BCUT2D eigenvalue weighted by atomic mass is 32.2. The van der Waals surface area contributed by atoms with Crippen LogP contribution in [0.25, 0.3) is 10.9 Å². The van der Waals surface area contributed by atoms with Gasteiger partial charge < -0.3 is 10.7 Å². The van der Waals surface area contributed by atoms with Crippen molar-refractivity contribution >= 4 is 32.7 Å². The van der Waals surface area contributed by atoms with Crippen molar-refractivity contribution in [2.24, 2.45) is 17.7 Å². The Balaban J connectivity index is 1.26. The maximum absolute atomic E-state index is 13.0. The number of aromatic nitrogens is 2. The average Bonchev–Trinajstić information content (AvgIpc) is 2.82. The molecule has 5 N–H and O–H groups in total. The lowest BCUT2D eigenvalue weighted by Crippen LogP contribution is -2.32. The van der Waals surface area contributed by atoms with Gasteiger partial charge in [0.15, 0.2) is 5.82 Å². The molecule has 1 aliphatic rings. The summed E-state index contributed by atoms with van der Waals surface area (Å²) in [7, 11) is -3.62. The molecule has 1 heterocycles. The van der Waals surface area contributed by atoms with Gasteiger partial charge in [-0.2, -0.15) is 4.98 Å². The lowest BCUT2D eigenvalue weighted by Gasteiger charge is -2.28. The zero-order valence-electron chi connectivity index (χ0n) is 17.6. The fourth-order valence-corrected chi connectivity index (χ4v) is 5.18. The zero-order valence-corrected chi connectivity index (χ0v) is 18.4. The number of hydrogen-bond acceptors (Lipinski definition) is 7. The molecule has 1 saturated carbocycles. The van der Waals surface area contributed by atoms with Crippen molar-refractivity contribution in [3.8, 4) is 0 Å². The Labute approximate surface area is 186 Å². The average molecular weight is 459 g/mol. The smallest absolute Gasteiger partial charge is 0.240 e. The van der Waals surface area contributed by atoms with Crippen LogP contribution < -0.4 is 21.3 Å². The molecule has 0 atom stereocenters. The van der Waals surface area contributed by atoms with E-state index in [4.69, 9.17) is 5.84 Å². The maximum Gasteiger partial charge on any atom is 0.240 e. The van der Waals surface area contributed by atoms with Gasteiger partial charge >= 0.3 is 0 Å². The van der Waals surface area contributed by atoms with Gasteiger partial charge in [-0.15, -0.1) is 0 Å². The molecule has 0 amide bonds. The van der Waals surface area contributed by atoms with Crippen molar-refractivity contribution in [1.82, 2.24) is 14.7 Å². The minimum absolute atomic E-state index is 0.0820. The minimum atomic E-state index is -3.62. The first-order chi connectivity index (χ1) is 15.4. The number of halogens is 1. The first kappa shape index (κ1) is 22.4. The monoisotopic (exact) mass is 458 g/mol. The van der Waals surface area contributed by atoms with Crippen LogP contribution in [0.15, 0.2) is 53.4 Å². The Morgan fingerprint density at radius 3 is 2.28 bits per heavy atom. The van der Waals surface area contributed by atoms with E-state index >= 15 is 0 Å². The lowest BCUT2D eigenvalue weighted by atomic mass is 9.82. The number of nitrogens with zero attached hydrogens (tertiary/aromatic N) is 2. The zero-order chi connectivity index (χ0) is 22.6. The summed E-state index contributed by atoms with van der Waals surface area (Å²) in [5.74, 6) is 7.01. The number of benzene rings is 2. The molecular formula is C22H27FN6O2S. The second-order valence-corrected chi connectivity index (χ2v) is 9.90. The third-order valence-corrected chi connectivity index (χ3v) is 7.38. The second kappa shape index (κ2) is 9.76. The van der Waals surface area contributed by atoms with Crippen LogP contribution >= 0.6 is 0 Å². The van der Waals surface area contributed by atoms with E-state index in [1.165, 1.54) is 12.1 Å². The SMILES string of the molecule is NNc1nc(NC[C@H]2CC[C@H](CNS(=O)(=O)c3ccc(F)cc3)CC2)nc2ccccc12. The Hall–Kier alpha value is -2.82. The van der Waals surface area contributed by atoms with Crippen molar-refractivity contribution in [1.29, 1.82) is 0 Å². The molecule has 0 saturated heterocycles. The van der Waals surface area contributed by atoms with Crippen LogP contribution in [0.5, 0.6) is 0 Å². The number of sulfonamides is 1. The van der Waals surface area contributed by atoms with Gasteiger partial charge in [0.25, 0.3) is 0 Å². The largest absolute Gasteiger partial charge is 0.354 e. The molecule has 4 rings (SSSR count). The fourth-order valence-electron chi connectivity index (χ4n) is 4.07. The molecule has 0 spiro atoms. The first-order valence-electron chi connectivity index (χ1n) is 10.7. The van der Waals surface area contributed by atoms with Crippen LogP contribution in [-0.2, 0) is 10.0 Å². The van der Waals surface area contributed by atoms with Crippen molar-refractivity contribution < 1.29 is 12.8 Å². The predicted molar refractivity (Wildman–Crippen MR) is 123 cm³/mol. The number of hydrazine groups is 1. The Kier molecular flexibility index (Phi) is 6.83. The van der Waals surface area contributed by atoms with E-state index in [-0.39, 0.29) is 10.8 Å². The highest BCUT2D eigenvalue weighted by molar-refractivity contribution is 7.89. The Bertz CT molecular complexity index is 1160. The summed E-state index contributed by atoms with van der Waals surface area (Å²) in [6, 6.07) is 12.5. The second-order valence-electron chi connectivity index (χ2n) is 8.13. The molecule has 1 aliphatic carbocycles. The number of hydrogen-bond donors (Lipinski definition) is 4. The summed E-state index contributed by atoms with van der Waals surface area (Å²) >= 11 is 0. The number of para-hydroxylation sites is 1. The van der Waals surface area contributed by atoms with E-state index in [9.17, 15) is 12.8 Å². The summed E-state index contributed by atoms with van der Waals surface area (Å²) in [6.07, 6.45) is 3.86. The molecule has 10 heteroatoms. The van der Waals surface area contributed by atoms with Gasteiger partial charge in [0.2, 0.25) is 16.0 Å². The van der Waals surface area contributed by atoms with Crippen molar-refractivity contribution in [3.63, 3.8) is 0 Å². The van der Waals surface area contributed by atoms with Gasteiger partial charge in [-0.1, -0.05) is 12.1 Å². The highest BCUT2D eigenvalue weighted by Gasteiger charge is 2.23. The third kappa shape index (κ3) is 5.32. The third-order valence-electron chi connectivity index (χ3n) is 5.94. The summed E-state index contributed by atoms with van der Waals surface area (Å²) in [5.41, 5.74) is 3.44. The van der Waals surface area contributed by atoms with E-state index in [1.807, 2.05) is 24.3 Å². The van der Waals surface area contributed by atoms with Crippen LogP contribution in [0, 0.1) is 17.7 Å². The topological polar surface area (TPSA) is 122 Å². The molecule has 1 aromatic heterocycles. The van der Waals surface area contributed by atoms with E-state index < -0.39 is 15.8 Å². The molecule has 3 aromatic rings. The van der Waals surface area contributed by atoms with Gasteiger partial charge in [0.1, 0.15) is 5.82 Å². The fraction of sp³-hybridized carbons (Fsp3) is 0.364. The van der Waals surface area contributed by atoms with Gasteiger partial charge in [-0.25, -0.2) is 28.4 Å². The van der Waals surface area contributed by atoms with Gasteiger partial charge in [-0.05, 0) is 73.9 Å². The van der Waals surface area contributed by atoms with Gasteiger partial charge in [-0.3, -0.25) is 0 Å². The summed E-state index contributed by atoms with van der Waals surface area (Å²) < 4.78 is 40.5. The molecule has 0 bridgehead atoms. The predicted octanol–water partition coefficient (Wildman–Crippen LogP) is 3.25. The van der Waals surface area contributed by atoms with Crippen molar-refractivity contribution in [2.75, 3.05) is 23.8 Å². The first-order valence-corrected chi connectivity index (χ1v) is 12.2. The highest BCUT2D eigenvalue weighted by Crippen LogP contribution is 2.29. The van der Waals surface area contributed by atoms with Gasteiger partial charge in [0, 0.05) is 18.5 Å². The summed E-state index contributed by atoms with van der Waals surface area (Å²) in [4.78, 5) is 9.09. The van der Waals surface area contributed by atoms with E-state index in [0.717, 1.165) is 55.3 Å². The van der Waals surface area contributed by atoms with E-state index in [2.05, 4.69) is 25.4 Å². The normalized spacial score (nSPS) is 19.1. The van der Waals surface area contributed by atoms with Crippen LogP contribution in [0.1, 0.15) is 25.7 Å². The molecule has 8 nitrogen and oxygen atoms in total. The maximum atomic E-state index is 13.0. The van der Waals surface area contributed by atoms with Crippen LogP contribution in [0.4, 0.5) is 16.2 Å². The Morgan fingerprint density at radius 1 is 0.938 bits per heavy atom. The molecule has 1 fully saturated rings. The molecule has 170 valence electrons. The van der Waals surface area contributed by atoms with E-state index in [0.29, 0.717) is 24.2 Å². The summed E-state index contributed by atoms with van der Waals surface area (Å²) in [6.45, 7) is 1.13. The van der Waals surface area contributed by atoms with Crippen LogP contribution in [0.3, 0.4) is 0 Å². The number of nitrogen functional groups attached to an aromatic ring is 1. The number of anilines is 2. The molecule has 2 aromatic carbocycles. The van der Waals surface area contributed by atoms with Crippen molar-refractivity contribution in [3.05, 3.63) is 54.3 Å². The molecular weight excluding hydrogens is 431 g/mol.